The number of hydroxylamine groups is 2. The van der Waals surface area contributed by atoms with Gasteiger partial charge in [-0.25, -0.2) is 28.0 Å². The lowest BCUT2D eigenvalue weighted by Gasteiger charge is -2.33. The Morgan fingerprint density at radius 1 is 1.00 bits per heavy atom. The Morgan fingerprint density at radius 2 is 1.61 bits per heavy atom. The zero-order valence-corrected chi connectivity index (χ0v) is 26.8. The molecule has 2 aliphatic heterocycles. The topological polar surface area (TPSA) is 162 Å². The third-order valence-corrected chi connectivity index (χ3v) is 8.32. The van der Waals surface area contributed by atoms with Gasteiger partial charge in [-0.2, -0.15) is 0 Å². The van der Waals surface area contributed by atoms with Gasteiger partial charge in [0, 0.05) is 69.9 Å². The molecular weight excluding hydrogens is 590 g/mol. The van der Waals surface area contributed by atoms with Crippen molar-refractivity contribution in [1.29, 1.82) is 0 Å². The standard InChI is InChI=1S/C32H38N3O4.ClHO4/c1-20-19-31(2,3)34(14-8-9-30(38)39-35-28(36)12-13-29(35)37)27-18-26-22(16-24(20)27)15-21-10-11-23(33(6)7)17-25(21)32(26,4)5;2-1(3,4)5/h10-11,15-19H,8-9,12-14H2,1-7H3;(H,2,3,4,5)/q+1;/p-1. The molecule has 0 unspecified atom stereocenters. The van der Waals surface area contributed by atoms with Crippen molar-refractivity contribution in [2.45, 2.75) is 71.3 Å². The number of carbonyl (C=O) groups excluding carboxylic acids is 3. The molecule has 2 amide bonds. The fourth-order valence-electron chi connectivity index (χ4n) is 6.20. The monoisotopic (exact) mass is 627 g/mol. The Kier molecular flexibility index (Phi) is 9.12. The average molecular weight is 628 g/mol. The molecule has 236 valence electrons. The molecule has 2 aromatic carbocycles. The first-order valence-corrected chi connectivity index (χ1v) is 15.5. The van der Waals surface area contributed by atoms with Crippen LogP contribution in [-0.2, 0) is 24.6 Å². The van der Waals surface area contributed by atoms with Gasteiger partial charge in [-0.15, -0.1) is 15.3 Å². The molecule has 11 nitrogen and oxygen atoms in total. The second-order valence-corrected chi connectivity index (χ2v) is 13.3. The maximum atomic E-state index is 12.5. The van der Waals surface area contributed by atoms with Crippen LogP contribution in [0.3, 0.4) is 0 Å². The maximum Gasteiger partial charge on any atom is 0.333 e. The van der Waals surface area contributed by atoms with Crippen molar-refractivity contribution in [2.75, 3.05) is 25.5 Å². The van der Waals surface area contributed by atoms with Crippen molar-refractivity contribution in [1.82, 2.24) is 9.64 Å². The number of halogens is 1. The van der Waals surface area contributed by atoms with Crippen LogP contribution in [0.5, 0.6) is 0 Å². The largest absolute Gasteiger partial charge is 0.378 e. The molecular formula is C32H38ClN3O8. The predicted octanol–water partition coefficient (Wildman–Crippen LogP) is -1.46. The van der Waals surface area contributed by atoms with E-state index in [-0.39, 0.29) is 30.2 Å². The van der Waals surface area contributed by atoms with E-state index in [4.69, 9.17) is 23.5 Å². The lowest BCUT2D eigenvalue weighted by Crippen LogP contribution is -2.68. The number of hydrogen-bond acceptors (Lipinski definition) is 9. The van der Waals surface area contributed by atoms with Crippen LogP contribution < -0.4 is 38.7 Å². The summed E-state index contributed by atoms with van der Waals surface area (Å²) < 4.78 is 36.3. The fourth-order valence-corrected chi connectivity index (χ4v) is 6.20. The number of hydrogen-bond donors (Lipinski definition) is 0. The van der Waals surface area contributed by atoms with Crippen LogP contribution in [0.25, 0.3) is 11.6 Å². The second-order valence-electron chi connectivity index (χ2n) is 12.6. The smallest absolute Gasteiger partial charge is 0.333 e. The van der Waals surface area contributed by atoms with E-state index in [0.717, 1.165) is 5.36 Å². The van der Waals surface area contributed by atoms with Crippen LogP contribution >= 0.6 is 0 Å². The van der Waals surface area contributed by atoms with Crippen LogP contribution in [0.4, 0.5) is 5.69 Å². The van der Waals surface area contributed by atoms with Gasteiger partial charge in [-0.05, 0) is 64.8 Å². The molecule has 12 heteroatoms. The van der Waals surface area contributed by atoms with Gasteiger partial charge in [-0.3, -0.25) is 9.59 Å². The van der Waals surface area contributed by atoms with E-state index in [1.165, 1.54) is 38.7 Å². The van der Waals surface area contributed by atoms with Crippen molar-refractivity contribution in [3.05, 3.63) is 69.2 Å². The number of fused-ring (bicyclic) bond motifs is 3. The zero-order chi connectivity index (χ0) is 32.8. The molecule has 1 fully saturated rings. The summed E-state index contributed by atoms with van der Waals surface area (Å²) in [7, 11) is -0.811. The average Bonchev–Trinajstić information content (AvgIpc) is 3.20. The number of imide groups is 1. The van der Waals surface area contributed by atoms with E-state index < -0.39 is 28.0 Å². The highest BCUT2D eigenvalue weighted by molar-refractivity contribution is 6.01. The van der Waals surface area contributed by atoms with Gasteiger partial charge in [0.1, 0.15) is 6.54 Å². The van der Waals surface area contributed by atoms with Gasteiger partial charge in [-0.1, -0.05) is 19.9 Å². The van der Waals surface area contributed by atoms with Gasteiger partial charge in [0.05, 0.1) is 6.42 Å². The number of rotatable bonds is 6. The summed E-state index contributed by atoms with van der Waals surface area (Å²) in [5, 5.41) is 3.02. The Hall–Kier alpha value is -3.61. The number of allylic oxidation sites excluding steroid dienone is 1. The first-order valence-electron chi connectivity index (χ1n) is 14.3. The van der Waals surface area contributed by atoms with Gasteiger partial charge in [0.2, 0.25) is 5.36 Å². The molecule has 1 aliphatic carbocycles. The van der Waals surface area contributed by atoms with E-state index >= 15 is 0 Å². The third-order valence-electron chi connectivity index (χ3n) is 8.32. The molecule has 2 aromatic rings. The molecule has 44 heavy (non-hydrogen) atoms. The van der Waals surface area contributed by atoms with Crippen LogP contribution in [0.15, 0.2) is 36.4 Å². The number of amides is 2. The Labute approximate surface area is 258 Å². The summed E-state index contributed by atoms with van der Waals surface area (Å²) in [6, 6.07) is 11.3. The van der Waals surface area contributed by atoms with Crippen LogP contribution in [0, 0.1) is 10.2 Å². The Morgan fingerprint density at radius 3 is 2.20 bits per heavy atom. The van der Waals surface area contributed by atoms with Crippen molar-refractivity contribution in [3.8, 4) is 0 Å². The minimum absolute atomic E-state index is 0.0928. The number of benzene rings is 2. The second kappa shape index (κ2) is 12.1. The molecule has 0 N–H and O–H groups in total. The molecule has 1 saturated heterocycles. The van der Waals surface area contributed by atoms with E-state index in [0.29, 0.717) is 18.0 Å². The van der Waals surface area contributed by atoms with Crippen molar-refractivity contribution in [2.24, 2.45) is 0 Å². The highest BCUT2D eigenvalue weighted by Crippen LogP contribution is 2.37. The molecule has 5 rings (SSSR count). The molecule has 0 aromatic heterocycles. The van der Waals surface area contributed by atoms with E-state index in [2.05, 4.69) is 101 Å². The molecule has 0 bridgehead atoms. The number of carbonyl (C=O) groups is 3. The minimum atomic E-state index is -4.94. The van der Waals surface area contributed by atoms with Gasteiger partial charge in [0.25, 0.3) is 11.8 Å². The Balaban J connectivity index is 0.000000818. The fraction of sp³-hybridized carbons (Fsp3) is 0.438. The summed E-state index contributed by atoms with van der Waals surface area (Å²) in [4.78, 5) is 43.3. The lowest BCUT2D eigenvalue weighted by molar-refractivity contribution is -2.00. The van der Waals surface area contributed by atoms with Crippen molar-refractivity contribution < 1.29 is 48.1 Å². The van der Waals surface area contributed by atoms with Gasteiger partial charge in [0.15, 0.2) is 5.54 Å². The molecule has 3 aliphatic rings. The van der Waals surface area contributed by atoms with Gasteiger partial charge >= 0.3 is 5.97 Å². The summed E-state index contributed by atoms with van der Waals surface area (Å²) >= 11 is 0. The summed E-state index contributed by atoms with van der Waals surface area (Å²) in [6.07, 6.45) is 5.42. The summed E-state index contributed by atoms with van der Waals surface area (Å²) in [5.74, 6) is -1.47. The van der Waals surface area contributed by atoms with Crippen molar-refractivity contribution >= 4 is 35.1 Å². The molecule has 2 heterocycles. The highest BCUT2D eigenvalue weighted by Gasteiger charge is 2.37. The van der Waals surface area contributed by atoms with E-state index in [9.17, 15) is 14.4 Å². The zero-order valence-electron chi connectivity index (χ0n) is 26.1. The van der Waals surface area contributed by atoms with Crippen molar-refractivity contribution in [3.63, 3.8) is 0 Å². The summed E-state index contributed by atoms with van der Waals surface area (Å²) in [6.45, 7) is 11.8. The molecule has 0 saturated carbocycles. The maximum absolute atomic E-state index is 12.5. The molecule has 0 atom stereocenters. The predicted molar refractivity (Wildman–Crippen MR) is 152 cm³/mol. The van der Waals surface area contributed by atoms with Gasteiger partial charge < -0.3 is 9.74 Å². The first-order chi connectivity index (χ1) is 20.3. The molecule has 0 spiro atoms. The lowest BCUT2D eigenvalue weighted by atomic mass is 9.71. The van der Waals surface area contributed by atoms with E-state index in [1.807, 2.05) is 0 Å². The first kappa shape index (κ1) is 33.3. The summed E-state index contributed by atoms with van der Waals surface area (Å²) in [5.41, 5.74) is 7.01. The molecule has 0 radical (unpaired) electrons. The van der Waals surface area contributed by atoms with Crippen LogP contribution in [0.1, 0.15) is 82.6 Å². The number of nitrogens with zero attached hydrogens (tertiary/aromatic N) is 3. The van der Waals surface area contributed by atoms with E-state index in [1.54, 1.807) is 0 Å². The van der Waals surface area contributed by atoms with Crippen LogP contribution in [-0.4, -0.2) is 49.0 Å². The van der Waals surface area contributed by atoms with Crippen LogP contribution in [0.2, 0.25) is 0 Å². The third kappa shape index (κ3) is 7.03. The quantitative estimate of drug-likeness (QED) is 0.275. The highest BCUT2D eigenvalue weighted by atomic mass is 35.7. The SMILES string of the molecule is CC1=CC(C)(C)[N+](CCCC(=O)ON2C(=O)CCC2=O)=c2cc3c(cc21)=Cc1ccc(N(C)C)cc1C3(C)C.[O-][Cl+3]([O-])([O-])[O-]. The number of anilines is 1. The minimum Gasteiger partial charge on any atom is -0.378 e. The normalized spacial score (nSPS) is 17.8. The Bertz CT molecular complexity index is 1650.